The van der Waals surface area contributed by atoms with E-state index < -0.39 is 0 Å². The molecule has 108 valence electrons. The van der Waals surface area contributed by atoms with Crippen molar-refractivity contribution < 1.29 is 4.79 Å². The molecule has 0 radical (unpaired) electrons. The molecule has 21 heavy (non-hydrogen) atoms. The molecule has 1 aliphatic heterocycles. The second kappa shape index (κ2) is 5.11. The van der Waals surface area contributed by atoms with Gasteiger partial charge >= 0.3 is 0 Å². The zero-order valence-electron chi connectivity index (χ0n) is 12.0. The number of nitrogens with one attached hydrogen (secondary N) is 1. The molecule has 0 bridgehead atoms. The van der Waals surface area contributed by atoms with E-state index >= 15 is 0 Å². The Labute approximate surface area is 124 Å². The van der Waals surface area contributed by atoms with Crippen molar-refractivity contribution in [1.29, 1.82) is 0 Å². The highest BCUT2D eigenvalue weighted by Gasteiger charge is 2.28. The lowest BCUT2D eigenvalue weighted by molar-refractivity contribution is 0.0737. The van der Waals surface area contributed by atoms with Crippen LogP contribution in [0.3, 0.4) is 0 Å². The Hall–Kier alpha value is -1.94. The first-order valence-corrected chi connectivity index (χ1v) is 7.72. The van der Waals surface area contributed by atoms with Crippen molar-refractivity contribution >= 4 is 16.8 Å². The molecule has 2 aliphatic rings. The van der Waals surface area contributed by atoms with Crippen LogP contribution in [0.1, 0.15) is 34.8 Å². The molecule has 4 rings (SSSR count). The molecule has 0 unspecified atom stereocenters. The Balaban J connectivity index is 1.79. The van der Waals surface area contributed by atoms with Crippen molar-refractivity contribution in [3.05, 3.63) is 41.6 Å². The molecular formula is C17H19N3O. The minimum Gasteiger partial charge on any atom is -0.336 e. The monoisotopic (exact) mass is 281 g/mol. The minimum atomic E-state index is 0.150. The Bertz CT molecular complexity index is 687. The van der Waals surface area contributed by atoms with Gasteiger partial charge in [-0.15, -0.1) is 0 Å². The Morgan fingerprint density at radius 2 is 1.95 bits per heavy atom. The maximum atomic E-state index is 12.9. The number of nitrogens with zero attached hydrogens (tertiary/aromatic N) is 2. The molecule has 2 aromatic rings. The molecule has 4 nitrogen and oxygen atoms in total. The van der Waals surface area contributed by atoms with Gasteiger partial charge in [0, 0.05) is 43.2 Å². The van der Waals surface area contributed by atoms with Gasteiger partial charge < -0.3 is 10.2 Å². The van der Waals surface area contributed by atoms with Crippen LogP contribution in [0.2, 0.25) is 0 Å². The fourth-order valence-corrected chi connectivity index (χ4v) is 3.00. The molecule has 1 aromatic carbocycles. The summed E-state index contributed by atoms with van der Waals surface area (Å²) in [4.78, 5) is 19.6. The van der Waals surface area contributed by atoms with E-state index in [0.717, 1.165) is 48.3 Å². The number of amides is 1. The fraction of sp³-hybridized carbons (Fsp3) is 0.412. The molecule has 2 heterocycles. The molecule has 4 heteroatoms. The van der Waals surface area contributed by atoms with E-state index in [9.17, 15) is 4.79 Å². The SMILES string of the molecule is O=C(c1cc(C2CC2)nc2ccccc12)N1CCNCC1. The third-order valence-electron chi connectivity index (χ3n) is 4.37. The zero-order valence-corrected chi connectivity index (χ0v) is 12.0. The van der Waals surface area contributed by atoms with Gasteiger partial charge in [0.1, 0.15) is 0 Å². The summed E-state index contributed by atoms with van der Waals surface area (Å²) in [6, 6.07) is 10.0. The number of benzene rings is 1. The predicted molar refractivity (Wildman–Crippen MR) is 82.5 cm³/mol. The van der Waals surface area contributed by atoms with Crippen molar-refractivity contribution in [3.63, 3.8) is 0 Å². The number of para-hydroxylation sites is 1. The first-order chi connectivity index (χ1) is 10.3. The third kappa shape index (κ3) is 2.40. The Kier molecular flexibility index (Phi) is 3.11. The van der Waals surface area contributed by atoms with Gasteiger partial charge in [-0.05, 0) is 25.0 Å². The van der Waals surface area contributed by atoms with Crippen LogP contribution in [0, 0.1) is 0 Å². The number of pyridine rings is 1. The number of aromatic nitrogens is 1. The number of piperazine rings is 1. The van der Waals surface area contributed by atoms with Crippen molar-refractivity contribution in [2.75, 3.05) is 26.2 Å². The van der Waals surface area contributed by atoms with Gasteiger partial charge in [0.25, 0.3) is 5.91 Å². The highest BCUT2D eigenvalue weighted by atomic mass is 16.2. The fourth-order valence-electron chi connectivity index (χ4n) is 3.00. The number of carbonyl (C=O) groups is 1. The number of hydrogen-bond acceptors (Lipinski definition) is 3. The lowest BCUT2D eigenvalue weighted by Crippen LogP contribution is -2.46. The molecule has 2 fully saturated rings. The average molecular weight is 281 g/mol. The smallest absolute Gasteiger partial charge is 0.254 e. The summed E-state index contributed by atoms with van der Waals surface area (Å²) in [5.74, 6) is 0.709. The van der Waals surface area contributed by atoms with Gasteiger partial charge in [-0.1, -0.05) is 18.2 Å². The lowest BCUT2D eigenvalue weighted by atomic mass is 10.0. The molecular weight excluding hydrogens is 262 g/mol. The van der Waals surface area contributed by atoms with E-state index in [1.807, 2.05) is 35.2 Å². The summed E-state index contributed by atoms with van der Waals surface area (Å²) in [5.41, 5.74) is 2.86. The van der Waals surface area contributed by atoms with Crippen LogP contribution < -0.4 is 5.32 Å². The molecule has 1 saturated carbocycles. The highest BCUT2D eigenvalue weighted by Crippen LogP contribution is 2.40. The van der Waals surface area contributed by atoms with Gasteiger partial charge in [-0.25, -0.2) is 0 Å². The van der Waals surface area contributed by atoms with E-state index in [-0.39, 0.29) is 5.91 Å². The average Bonchev–Trinajstić information content (AvgIpc) is 3.39. The summed E-state index contributed by atoms with van der Waals surface area (Å²) < 4.78 is 0. The van der Waals surface area contributed by atoms with Gasteiger partial charge in [0.05, 0.1) is 11.1 Å². The van der Waals surface area contributed by atoms with Crippen LogP contribution in [0.25, 0.3) is 10.9 Å². The molecule has 1 amide bonds. The number of carbonyl (C=O) groups excluding carboxylic acids is 1. The second-order valence-electron chi connectivity index (χ2n) is 5.93. The topological polar surface area (TPSA) is 45.2 Å². The van der Waals surface area contributed by atoms with E-state index in [2.05, 4.69) is 5.32 Å². The van der Waals surface area contributed by atoms with E-state index in [0.29, 0.717) is 5.92 Å². The van der Waals surface area contributed by atoms with E-state index in [1.54, 1.807) is 0 Å². The third-order valence-corrected chi connectivity index (χ3v) is 4.37. The summed E-state index contributed by atoms with van der Waals surface area (Å²) >= 11 is 0. The summed E-state index contributed by atoms with van der Waals surface area (Å²) in [7, 11) is 0. The first kappa shape index (κ1) is 12.8. The van der Waals surface area contributed by atoms with Gasteiger partial charge in [-0.2, -0.15) is 0 Å². The summed E-state index contributed by atoms with van der Waals surface area (Å²) in [6.07, 6.45) is 2.40. The van der Waals surface area contributed by atoms with Crippen molar-refractivity contribution in [3.8, 4) is 0 Å². The highest BCUT2D eigenvalue weighted by molar-refractivity contribution is 6.06. The normalized spacial score (nSPS) is 19.0. The number of hydrogen-bond donors (Lipinski definition) is 1. The number of rotatable bonds is 2. The lowest BCUT2D eigenvalue weighted by Gasteiger charge is -2.28. The summed E-state index contributed by atoms with van der Waals surface area (Å²) in [6.45, 7) is 3.33. The van der Waals surface area contributed by atoms with Crippen molar-refractivity contribution in [2.45, 2.75) is 18.8 Å². The summed E-state index contributed by atoms with van der Waals surface area (Å²) in [5, 5.41) is 4.27. The standard InChI is InChI=1S/C17H19N3O/c21-17(20-9-7-18-8-10-20)14-11-16(12-5-6-12)19-15-4-2-1-3-13(14)15/h1-4,11-12,18H,5-10H2. The van der Waals surface area contributed by atoms with Crippen molar-refractivity contribution in [1.82, 2.24) is 15.2 Å². The maximum Gasteiger partial charge on any atom is 0.254 e. The van der Waals surface area contributed by atoms with Crippen LogP contribution in [-0.4, -0.2) is 42.0 Å². The minimum absolute atomic E-state index is 0.150. The van der Waals surface area contributed by atoms with Crippen LogP contribution >= 0.6 is 0 Å². The Morgan fingerprint density at radius 3 is 2.71 bits per heavy atom. The van der Waals surface area contributed by atoms with Gasteiger partial charge in [-0.3, -0.25) is 9.78 Å². The molecule has 0 spiro atoms. The van der Waals surface area contributed by atoms with Crippen LogP contribution in [0.15, 0.2) is 30.3 Å². The molecule has 1 aromatic heterocycles. The largest absolute Gasteiger partial charge is 0.336 e. The molecule has 0 atom stereocenters. The molecule has 1 aliphatic carbocycles. The Morgan fingerprint density at radius 1 is 1.19 bits per heavy atom. The van der Waals surface area contributed by atoms with Gasteiger partial charge in [0.15, 0.2) is 0 Å². The zero-order chi connectivity index (χ0) is 14.2. The first-order valence-electron chi connectivity index (χ1n) is 7.72. The van der Waals surface area contributed by atoms with Crippen LogP contribution in [0.4, 0.5) is 0 Å². The predicted octanol–water partition coefficient (Wildman–Crippen LogP) is 2.16. The maximum absolute atomic E-state index is 12.9. The van der Waals surface area contributed by atoms with Crippen LogP contribution in [0.5, 0.6) is 0 Å². The molecule has 1 N–H and O–H groups in total. The quantitative estimate of drug-likeness (QED) is 0.917. The van der Waals surface area contributed by atoms with Gasteiger partial charge in [0.2, 0.25) is 0 Å². The molecule has 1 saturated heterocycles. The van der Waals surface area contributed by atoms with E-state index in [4.69, 9.17) is 4.98 Å². The second-order valence-corrected chi connectivity index (χ2v) is 5.93. The van der Waals surface area contributed by atoms with E-state index in [1.165, 1.54) is 12.8 Å². The number of fused-ring (bicyclic) bond motifs is 1. The van der Waals surface area contributed by atoms with Crippen LogP contribution in [-0.2, 0) is 0 Å². The van der Waals surface area contributed by atoms with Crippen molar-refractivity contribution in [2.24, 2.45) is 0 Å².